The second-order valence-electron chi connectivity index (χ2n) is 58.2. The van der Waals surface area contributed by atoms with Crippen molar-refractivity contribution in [2.45, 2.75) is 393 Å². The van der Waals surface area contributed by atoms with Crippen molar-refractivity contribution >= 4 is 251 Å². The van der Waals surface area contributed by atoms with Crippen LogP contribution in [-0.4, -0.2) is 401 Å². The summed E-state index contributed by atoms with van der Waals surface area (Å²) in [6, 6.07) is 0. The molecule has 0 aromatic rings. The Labute approximate surface area is 915 Å². The van der Waals surface area contributed by atoms with Gasteiger partial charge in [-0.1, -0.05) is 0 Å². The first-order valence-electron chi connectivity index (χ1n) is 52.8. The smallest absolute Gasteiger partial charge is 0.322 e. The van der Waals surface area contributed by atoms with Crippen molar-refractivity contribution in [1.82, 2.24) is 0 Å². The van der Waals surface area contributed by atoms with Crippen molar-refractivity contribution in [2.75, 3.05) is 150 Å². The van der Waals surface area contributed by atoms with E-state index < -0.39 is 251 Å². The number of hydrogen-bond donors (Lipinski definition) is 0. The molecule has 6 heterocycles. The third-order valence-electron chi connectivity index (χ3n) is 22.3. The van der Waals surface area contributed by atoms with Gasteiger partial charge >= 0.3 is 51.4 Å². The lowest BCUT2D eigenvalue weighted by atomic mass is 11.6. The average Bonchev–Trinajstić information content (AvgIpc) is 1.64. The summed E-state index contributed by atoms with van der Waals surface area (Å²) in [7, 11) is -58.4. The quantitative estimate of drug-likeness (QED) is 0.204. The maximum absolute atomic E-state index is 6.58. The first-order chi connectivity index (χ1) is 63.2. The number of hydrogen-bond acceptors (Lipinski definition) is 30. The second kappa shape index (κ2) is 56.2. The van der Waals surface area contributed by atoms with E-state index in [1.807, 2.05) is 0 Å². The highest BCUT2D eigenvalue weighted by atomic mass is 28.5. The van der Waals surface area contributed by atoms with E-state index in [0.717, 1.165) is 74.8 Å². The second-order valence-corrected chi connectivity index (χ2v) is 178. The van der Waals surface area contributed by atoms with Crippen molar-refractivity contribution in [2.24, 2.45) is 0 Å². The predicted octanol–water partition coefficient (Wildman–Crippen LogP) is 22.6. The lowest BCUT2D eigenvalue weighted by molar-refractivity contribution is 0.235. The minimum atomic E-state index is -2.32. The monoisotopic (exact) mass is 2560 g/mol. The van der Waals surface area contributed by atoms with Crippen LogP contribution in [-0.2, 0) is 131 Å². The Bertz CT molecular complexity index is 3220. The molecule has 0 unspecified atom stereocenters. The van der Waals surface area contributed by atoms with Gasteiger partial charge in [-0.25, -0.2) is 0 Å². The van der Waals surface area contributed by atoms with Crippen LogP contribution in [0, 0.1) is 0 Å². The van der Waals surface area contributed by atoms with Crippen LogP contribution < -0.4 is 0 Å². The standard InChI is InChI=1S/C18H48O6Si6.2C15H42O6Si6.C15H40O5Si5.C12H32O4Si4.C9H24O3Si3/c1-25(2)13-20-27(5,6)15-22-29(9,10)17-24-30(11,12)18-23-28(7,8)16-21-26(3,4)14-19-25;1-22(2)14-17-26(9,10)21-27(11,12)20-24(5,6)15-18-25(7,8)19-23(3,4)13-16-22;1-22(2)13-16-26(9,10)20-24(5,6)15-18-27(11,12)21-23(3,4)14-17-25(7,8)19-22;1-21(2)11-17-23(5,6)13-19-25(9,10)15-20-24(7,8)14-18-22(3,4)12-16-21;1-17(2)9-14-19(5,6)11-16-20(7,8)12-15-18(3,4)10-13-17;1-13(2)7-11-15(5,6)9-12-14(3,4)8-10-13/h13-18H2,1-12H3;2*13-15H2,1-12H3;11-15H2,1-10H3;9-12H2,1-8H3;7-9H2,1-6H3. The molecule has 6 aliphatic heterocycles. The molecule has 0 radical (unpaired) electrons. The van der Waals surface area contributed by atoms with Crippen LogP contribution in [0.3, 0.4) is 0 Å². The molecule has 6 fully saturated rings. The third kappa shape index (κ3) is 72.0. The molecule has 6 saturated heterocycles. The van der Waals surface area contributed by atoms with Gasteiger partial charge in [0.15, 0.2) is 41.6 Å². The molecule has 0 aromatic carbocycles. The van der Waals surface area contributed by atoms with Crippen molar-refractivity contribution in [3.63, 3.8) is 0 Å². The molecular formula is C84H228O30Si30. The van der Waals surface area contributed by atoms with Crippen LogP contribution in [0.4, 0.5) is 0 Å². The van der Waals surface area contributed by atoms with Gasteiger partial charge in [-0.3, -0.25) is 0 Å². The Kier molecular flexibility index (Phi) is 57.5. The summed E-state index contributed by atoms with van der Waals surface area (Å²) in [5, 5.41) is 0. The number of rotatable bonds is 0. The summed E-state index contributed by atoms with van der Waals surface area (Å²) in [5.41, 5.74) is 0. The van der Waals surface area contributed by atoms with Crippen LogP contribution in [0.25, 0.3) is 0 Å². The van der Waals surface area contributed by atoms with Crippen LogP contribution in [0.15, 0.2) is 0 Å². The first kappa shape index (κ1) is 147. The molecule has 0 bridgehead atoms. The Morgan fingerprint density at radius 3 is 0.229 bits per heavy atom. The molecule has 6 aliphatic rings. The molecule has 0 N–H and O–H groups in total. The van der Waals surface area contributed by atoms with Crippen LogP contribution in [0.5, 0.6) is 0 Å². The molecule has 30 nitrogen and oxygen atoms in total. The molecular weight excluding hydrogens is 2330 g/mol. The van der Waals surface area contributed by atoms with Gasteiger partial charge in [0, 0.05) is 0 Å². The summed E-state index contributed by atoms with van der Waals surface area (Å²) in [5.74, 6) is 0. The lowest BCUT2D eigenvalue weighted by Crippen LogP contribution is -2.57. The predicted molar refractivity (Wildman–Crippen MR) is 674 cm³/mol. The highest BCUT2D eigenvalue weighted by molar-refractivity contribution is 6.91. The SMILES string of the molecule is C[Si]1(C)CO[Si](C)(C)CO[Si](C)(C)CO1.C[Si]1(C)CO[Si](C)(C)CO[Si](C)(C)CO[Si](C)(C)CO1.C[Si]1(C)CO[Si](C)(C)CO[Si](C)(C)CO[Si](C)(C)CO[Si](C)(C)CO1.C[Si]1(C)CO[Si](C)(C)CO[Si](C)(C)CO[Si](C)(C)CO[Si](C)(C)CO[Si](C)(C)CO1.C[Si]1(C)CO[Si](C)(C)O[Si](C)(C)CO[Si](C)(C)O[Si](C)(C)CO[Si](C)(C)O1.C[Si]1(C)CO[Si](C)(C)O[Si](C)(C)O[Si](C)(C)CO[Si](C)(C)O[Si](C)(C)CO1. The normalized spacial score (nSPS) is 30.2. The molecule has 0 aromatic heterocycles. The van der Waals surface area contributed by atoms with E-state index in [2.05, 4.69) is 393 Å². The molecule has 6 rings (SSSR count). The van der Waals surface area contributed by atoms with E-state index >= 15 is 0 Å². The van der Waals surface area contributed by atoms with Crippen LogP contribution in [0.1, 0.15) is 0 Å². The Morgan fingerprint density at radius 1 is 0.0694 bits per heavy atom. The fourth-order valence-corrected chi connectivity index (χ4v) is 120. The highest BCUT2D eigenvalue weighted by Gasteiger charge is 2.51. The zero-order valence-corrected chi connectivity index (χ0v) is 134. The fraction of sp³-hybridized carbons (Fsp3) is 1.00. The van der Waals surface area contributed by atoms with Crippen molar-refractivity contribution in [1.29, 1.82) is 0 Å². The van der Waals surface area contributed by atoms with Gasteiger partial charge in [-0.2, -0.15) is 0 Å². The fourth-order valence-electron chi connectivity index (χ4n) is 13.8. The molecule has 0 atom stereocenters. The minimum absolute atomic E-state index is 0.625. The van der Waals surface area contributed by atoms with Gasteiger partial charge in [-0.05, 0) is 393 Å². The molecule has 0 spiro atoms. The first-order valence-corrected chi connectivity index (χ1v) is 144. The summed E-state index contributed by atoms with van der Waals surface area (Å²) < 4.78 is 191. The zero-order chi connectivity index (χ0) is 113. The van der Waals surface area contributed by atoms with Gasteiger partial charge in [0.1, 0.15) is 0 Å². The van der Waals surface area contributed by atoms with Crippen molar-refractivity contribution in [3.05, 3.63) is 0 Å². The molecule has 0 saturated carbocycles. The van der Waals surface area contributed by atoms with Gasteiger partial charge < -0.3 is 131 Å². The third-order valence-corrected chi connectivity index (χ3v) is 96.0. The van der Waals surface area contributed by atoms with E-state index in [-0.39, 0.29) is 0 Å². The Morgan fingerprint density at radius 2 is 0.132 bits per heavy atom. The van der Waals surface area contributed by atoms with Crippen LogP contribution in [0.2, 0.25) is 393 Å². The van der Waals surface area contributed by atoms with Gasteiger partial charge in [0.05, 0.1) is 150 Å². The van der Waals surface area contributed by atoms with E-state index in [9.17, 15) is 0 Å². The summed E-state index contributed by atoms with van der Waals surface area (Å²) in [4.78, 5) is 0. The molecule has 0 amide bonds. The van der Waals surface area contributed by atoms with E-state index in [1.54, 1.807) is 0 Å². The molecule has 0 aliphatic carbocycles. The van der Waals surface area contributed by atoms with Crippen LogP contribution >= 0.6 is 0 Å². The maximum atomic E-state index is 6.58. The van der Waals surface area contributed by atoms with Gasteiger partial charge in [-0.15, -0.1) is 0 Å². The summed E-state index contributed by atoms with van der Waals surface area (Å²) in [6.45, 7) is 132. The Balaban J connectivity index is 0.000000873. The molecule has 144 heavy (non-hydrogen) atoms. The maximum Gasteiger partial charge on any atom is 0.322 e. The van der Waals surface area contributed by atoms with Crippen molar-refractivity contribution < 1.29 is 131 Å². The molecule has 864 valence electrons. The topological polar surface area (TPSA) is 277 Å². The largest absolute Gasteiger partial charge is 0.435 e. The van der Waals surface area contributed by atoms with Crippen molar-refractivity contribution in [3.8, 4) is 0 Å². The van der Waals surface area contributed by atoms with Gasteiger partial charge in [0.2, 0.25) is 158 Å². The highest BCUT2D eigenvalue weighted by Crippen LogP contribution is 2.33. The Hall–Kier alpha value is 5.31. The summed E-state index contributed by atoms with van der Waals surface area (Å²) >= 11 is 0. The van der Waals surface area contributed by atoms with Gasteiger partial charge in [0.25, 0.3) is 0 Å². The van der Waals surface area contributed by atoms with E-state index in [1.165, 1.54) is 0 Å². The van der Waals surface area contributed by atoms with E-state index in [0.29, 0.717) is 74.8 Å². The summed E-state index contributed by atoms with van der Waals surface area (Å²) in [6.07, 6.45) is 17.3. The lowest BCUT2D eigenvalue weighted by Gasteiger charge is -2.39. The zero-order valence-electron chi connectivity index (χ0n) is 104. The minimum Gasteiger partial charge on any atom is -0.435 e. The average molecular weight is 2560 g/mol. The van der Waals surface area contributed by atoms with E-state index in [4.69, 9.17) is 131 Å². The molecule has 60 heteroatoms.